The Bertz CT molecular complexity index is 673. The predicted octanol–water partition coefficient (Wildman–Crippen LogP) is 2.84. The SMILES string of the molecule is Cc1nsc(NC(=O)Nc2ccc(Cl)cc2C(=O)O)n1. The zero-order valence-corrected chi connectivity index (χ0v) is 11.7. The molecule has 0 aliphatic rings. The highest BCUT2D eigenvalue weighted by molar-refractivity contribution is 7.09. The van der Waals surface area contributed by atoms with Gasteiger partial charge in [0.1, 0.15) is 5.82 Å². The van der Waals surface area contributed by atoms with Gasteiger partial charge in [-0.25, -0.2) is 14.6 Å². The third-order valence-electron chi connectivity index (χ3n) is 2.21. The Hall–Kier alpha value is -2.19. The molecule has 1 aromatic carbocycles. The smallest absolute Gasteiger partial charge is 0.337 e. The van der Waals surface area contributed by atoms with Gasteiger partial charge < -0.3 is 10.4 Å². The second-order valence-corrected chi connectivity index (χ2v) is 4.91. The van der Waals surface area contributed by atoms with Gasteiger partial charge in [-0.1, -0.05) is 11.6 Å². The minimum Gasteiger partial charge on any atom is -0.478 e. The predicted molar refractivity (Wildman–Crippen MR) is 75.7 cm³/mol. The van der Waals surface area contributed by atoms with Gasteiger partial charge in [0.25, 0.3) is 0 Å². The van der Waals surface area contributed by atoms with Crippen molar-refractivity contribution in [2.75, 3.05) is 10.6 Å². The summed E-state index contributed by atoms with van der Waals surface area (Å²) in [6, 6.07) is 3.55. The maximum Gasteiger partial charge on any atom is 0.337 e. The summed E-state index contributed by atoms with van der Waals surface area (Å²) in [5.41, 5.74) is 0.0433. The van der Waals surface area contributed by atoms with E-state index in [1.54, 1.807) is 6.92 Å². The molecular formula is C11H9ClN4O3S. The molecule has 0 aliphatic heterocycles. The first-order valence-corrected chi connectivity index (χ1v) is 6.52. The van der Waals surface area contributed by atoms with E-state index in [0.29, 0.717) is 11.0 Å². The number of amides is 2. The number of anilines is 2. The molecule has 0 spiro atoms. The van der Waals surface area contributed by atoms with Crippen LogP contribution < -0.4 is 10.6 Å². The van der Waals surface area contributed by atoms with Crippen LogP contribution in [0.25, 0.3) is 0 Å². The van der Waals surface area contributed by atoms with Crippen molar-refractivity contribution >= 4 is 46.0 Å². The Morgan fingerprint density at radius 1 is 1.35 bits per heavy atom. The molecule has 2 aromatic rings. The van der Waals surface area contributed by atoms with Gasteiger partial charge in [-0.05, 0) is 25.1 Å². The fourth-order valence-corrected chi connectivity index (χ4v) is 2.14. The number of aryl methyl sites for hydroxylation is 1. The van der Waals surface area contributed by atoms with Gasteiger partial charge in [-0.15, -0.1) is 0 Å². The van der Waals surface area contributed by atoms with Crippen LogP contribution in [0, 0.1) is 6.92 Å². The molecule has 2 rings (SSSR count). The molecule has 0 saturated heterocycles. The molecule has 0 saturated carbocycles. The highest BCUT2D eigenvalue weighted by atomic mass is 35.5. The van der Waals surface area contributed by atoms with Crippen LogP contribution in [-0.2, 0) is 0 Å². The average molecular weight is 313 g/mol. The van der Waals surface area contributed by atoms with Crippen LogP contribution in [0.15, 0.2) is 18.2 Å². The summed E-state index contributed by atoms with van der Waals surface area (Å²) < 4.78 is 3.91. The number of aromatic carboxylic acids is 1. The Morgan fingerprint density at radius 3 is 2.70 bits per heavy atom. The molecule has 1 heterocycles. The number of rotatable bonds is 3. The van der Waals surface area contributed by atoms with Crippen molar-refractivity contribution in [1.29, 1.82) is 0 Å². The molecule has 0 unspecified atom stereocenters. The van der Waals surface area contributed by atoms with Crippen LogP contribution in [0.3, 0.4) is 0 Å². The van der Waals surface area contributed by atoms with E-state index in [9.17, 15) is 9.59 Å². The van der Waals surface area contributed by atoms with Crippen LogP contribution >= 0.6 is 23.1 Å². The number of benzene rings is 1. The largest absolute Gasteiger partial charge is 0.478 e. The first kappa shape index (κ1) is 14.2. The van der Waals surface area contributed by atoms with Gasteiger partial charge in [0, 0.05) is 16.6 Å². The van der Waals surface area contributed by atoms with Crippen LogP contribution in [0.1, 0.15) is 16.2 Å². The number of carbonyl (C=O) groups excluding carboxylic acids is 1. The van der Waals surface area contributed by atoms with Crippen LogP contribution in [-0.4, -0.2) is 26.5 Å². The van der Waals surface area contributed by atoms with Gasteiger partial charge in [0.2, 0.25) is 5.13 Å². The van der Waals surface area contributed by atoms with Crippen molar-refractivity contribution in [3.05, 3.63) is 34.6 Å². The number of aromatic nitrogens is 2. The molecule has 104 valence electrons. The summed E-state index contributed by atoms with van der Waals surface area (Å²) in [7, 11) is 0. The second kappa shape index (κ2) is 5.85. The zero-order valence-electron chi connectivity index (χ0n) is 10.2. The molecule has 2 amide bonds. The second-order valence-electron chi connectivity index (χ2n) is 3.72. The van der Waals surface area contributed by atoms with Crippen molar-refractivity contribution in [1.82, 2.24) is 9.36 Å². The minimum atomic E-state index is -1.19. The lowest BCUT2D eigenvalue weighted by atomic mass is 10.2. The van der Waals surface area contributed by atoms with Crippen molar-refractivity contribution in [3.63, 3.8) is 0 Å². The van der Waals surface area contributed by atoms with Gasteiger partial charge in [-0.2, -0.15) is 4.37 Å². The number of hydrogen-bond donors (Lipinski definition) is 3. The van der Waals surface area contributed by atoms with E-state index in [1.165, 1.54) is 18.2 Å². The molecule has 0 radical (unpaired) electrons. The number of halogens is 1. The highest BCUT2D eigenvalue weighted by Gasteiger charge is 2.14. The number of carboxylic acid groups (broad SMARTS) is 1. The van der Waals surface area contributed by atoms with Gasteiger partial charge >= 0.3 is 12.0 Å². The summed E-state index contributed by atoms with van der Waals surface area (Å²) >= 11 is 6.75. The molecule has 7 nitrogen and oxygen atoms in total. The average Bonchev–Trinajstić information content (AvgIpc) is 2.76. The van der Waals surface area contributed by atoms with Crippen molar-refractivity contribution < 1.29 is 14.7 Å². The van der Waals surface area contributed by atoms with Crippen molar-refractivity contribution in [2.45, 2.75) is 6.92 Å². The lowest BCUT2D eigenvalue weighted by Gasteiger charge is -2.08. The molecule has 20 heavy (non-hydrogen) atoms. The third kappa shape index (κ3) is 3.43. The number of carbonyl (C=O) groups is 2. The van der Waals surface area contributed by atoms with Gasteiger partial charge in [0.15, 0.2) is 0 Å². The lowest BCUT2D eigenvalue weighted by molar-refractivity contribution is 0.0698. The van der Waals surface area contributed by atoms with Crippen LogP contribution in [0.2, 0.25) is 5.02 Å². The first-order valence-electron chi connectivity index (χ1n) is 5.37. The molecule has 3 N–H and O–H groups in total. The molecule has 0 aliphatic carbocycles. The monoisotopic (exact) mass is 312 g/mol. The van der Waals surface area contributed by atoms with E-state index in [0.717, 1.165) is 11.5 Å². The number of nitrogens with zero attached hydrogens (tertiary/aromatic N) is 2. The van der Waals surface area contributed by atoms with E-state index < -0.39 is 12.0 Å². The van der Waals surface area contributed by atoms with Crippen molar-refractivity contribution in [3.8, 4) is 0 Å². The standard InChI is InChI=1S/C11H9ClN4O3S/c1-5-13-11(20-16-5)15-10(19)14-8-3-2-6(12)4-7(8)9(17)18/h2-4H,1H3,(H,17,18)(H2,13,14,15,16,19). The quantitative estimate of drug-likeness (QED) is 0.808. The van der Waals surface area contributed by atoms with Crippen molar-refractivity contribution in [2.24, 2.45) is 0 Å². The number of urea groups is 1. The van der Waals surface area contributed by atoms with E-state index >= 15 is 0 Å². The van der Waals surface area contributed by atoms with E-state index in [2.05, 4.69) is 20.0 Å². The fraction of sp³-hybridized carbons (Fsp3) is 0.0909. The third-order valence-corrected chi connectivity index (χ3v) is 3.17. The molecule has 0 bridgehead atoms. The Kier molecular flexibility index (Phi) is 4.16. The van der Waals surface area contributed by atoms with Gasteiger partial charge in [0.05, 0.1) is 11.3 Å². The lowest BCUT2D eigenvalue weighted by Crippen LogP contribution is -2.20. The number of carboxylic acids is 1. The Balaban J connectivity index is 2.13. The minimum absolute atomic E-state index is 0.0962. The summed E-state index contributed by atoms with van der Waals surface area (Å²) in [4.78, 5) is 26.8. The maximum atomic E-state index is 11.7. The Labute approximate surface area is 122 Å². The Morgan fingerprint density at radius 2 is 2.10 bits per heavy atom. The normalized spacial score (nSPS) is 10.1. The summed E-state index contributed by atoms with van der Waals surface area (Å²) in [6.45, 7) is 1.70. The van der Waals surface area contributed by atoms with Crippen LogP contribution in [0.4, 0.5) is 15.6 Å². The fourth-order valence-electron chi connectivity index (χ4n) is 1.40. The van der Waals surface area contributed by atoms with Gasteiger partial charge in [-0.3, -0.25) is 5.32 Å². The molecule has 0 atom stereocenters. The van der Waals surface area contributed by atoms with E-state index in [1.807, 2.05) is 0 Å². The first-order chi connectivity index (χ1) is 9.45. The van der Waals surface area contributed by atoms with Crippen LogP contribution in [0.5, 0.6) is 0 Å². The highest BCUT2D eigenvalue weighted by Crippen LogP contribution is 2.21. The summed E-state index contributed by atoms with van der Waals surface area (Å²) in [5, 5.41) is 14.5. The molecule has 9 heteroatoms. The van der Waals surface area contributed by atoms with E-state index in [-0.39, 0.29) is 16.3 Å². The molecule has 1 aromatic heterocycles. The molecular weight excluding hydrogens is 304 g/mol. The molecule has 0 fully saturated rings. The summed E-state index contributed by atoms with van der Waals surface area (Å²) in [6.07, 6.45) is 0. The zero-order chi connectivity index (χ0) is 14.7. The maximum absolute atomic E-state index is 11.7. The topological polar surface area (TPSA) is 104 Å². The summed E-state index contributed by atoms with van der Waals surface area (Å²) in [5.74, 6) is -0.641. The number of nitrogens with one attached hydrogen (secondary N) is 2. The van der Waals surface area contributed by atoms with E-state index in [4.69, 9.17) is 16.7 Å². The number of hydrogen-bond acceptors (Lipinski definition) is 5.